The van der Waals surface area contributed by atoms with Crippen LogP contribution in [0, 0.1) is 6.92 Å². The van der Waals surface area contributed by atoms with Gasteiger partial charge >= 0.3 is 0 Å². The van der Waals surface area contributed by atoms with Crippen LogP contribution in [0.15, 0.2) is 42.7 Å². The largest absolute Gasteiger partial charge is 0.353 e. The molecule has 0 spiro atoms. The molecular weight excluding hydrogens is 336 g/mol. The normalized spacial score (nSPS) is 15.9. The fourth-order valence-electron chi connectivity index (χ4n) is 3.35. The van der Waals surface area contributed by atoms with Gasteiger partial charge in [-0.1, -0.05) is 19.9 Å². The predicted molar refractivity (Wildman–Crippen MR) is 110 cm³/mol. The quantitative estimate of drug-likeness (QED) is 0.707. The van der Waals surface area contributed by atoms with Crippen molar-refractivity contribution in [3.63, 3.8) is 0 Å². The molecule has 2 aromatic heterocycles. The number of benzene rings is 1. The molecule has 1 saturated heterocycles. The molecule has 1 fully saturated rings. The third-order valence-corrected chi connectivity index (χ3v) is 4.95. The van der Waals surface area contributed by atoms with Gasteiger partial charge in [-0.15, -0.1) is 5.10 Å². The van der Waals surface area contributed by atoms with E-state index in [1.165, 1.54) is 5.56 Å². The van der Waals surface area contributed by atoms with E-state index < -0.39 is 0 Å². The summed E-state index contributed by atoms with van der Waals surface area (Å²) in [5, 5.41) is 8.47. The molecule has 3 aromatic rings. The first kappa shape index (κ1) is 19.2. The van der Waals surface area contributed by atoms with Crippen LogP contribution >= 0.6 is 0 Å². The smallest absolute Gasteiger partial charge is 0.151 e. The van der Waals surface area contributed by atoms with E-state index in [0.29, 0.717) is 6.04 Å². The van der Waals surface area contributed by atoms with E-state index in [4.69, 9.17) is 0 Å². The van der Waals surface area contributed by atoms with Crippen LogP contribution in [0.5, 0.6) is 0 Å². The third-order valence-electron chi connectivity index (χ3n) is 4.95. The zero-order valence-corrected chi connectivity index (χ0v) is 16.6. The number of aromatic nitrogens is 4. The Labute approximate surface area is 161 Å². The summed E-state index contributed by atoms with van der Waals surface area (Å²) in [6.45, 7) is 12.2. The highest BCUT2D eigenvalue weighted by molar-refractivity contribution is 5.74. The first-order chi connectivity index (χ1) is 13.2. The second kappa shape index (κ2) is 8.86. The van der Waals surface area contributed by atoms with Crippen molar-refractivity contribution in [2.75, 3.05) is 31.1 Å². The lowest BCUT2D eigenvalue weighted by atomic mass is 10.0. The number of anilines is 1. The first-order valence-corrected chi connectivity index (χ1v) is 9.71. The van der Waals surface area contributed by atoms with Gasteiger partial charge in [0, 0.05) is 44.6 Å². The zero-order valence-electron chi connectivity index (χ0n) is 16.6. The maximum Gasteiger partial charge on any atom is 0.151 e. The summed E-state index contributed by atoms with van der Waals surface area (Å²) in [6, 6.07) is 10.8. The maximum atomic E-state index is 4.42. The Balaban J connectivity index is 0.00000102. The van der Waals surface area contributed by atoms with Crippen molar-refractivity contribution in [2.45, 2.75) is 33.7 Å². The number of piperazine rings is 1. The standard InChI is InChI=1S/C19H22N6.C2H6/c1-14-3-6-19(23-22-14)25-11-9-24(10-12-25)15(2)16-4-5-17-18(13-16)21-8-7-20-17;1-2/h3-8,13,15H,9-12H2,1-2H3;1-2H3. The molecule has 27 heavy (non-hydrogen) atoms. The fourth-order valence-corrected chi connectivity index (χ4v) is 3.35. The van der Waals surface area contributed by atoms with E-state index in [2.05, 4.69) is 61.2 Å². The molecule has 0 amide bonds. The van der Waals surface area contributed by atoms with E-state index in [9.17, 15) is 0 Å². The van der Waals surface area contributed by atoms with Crippen LogP contribution in [0.1, 0.15) is 38.1 Å². The summed E-state index contributed by atoms with van der Waals surface area (Å²) < 4.78 is 0. The minimum absolute atomic E-state index is 0.359. The molecule has 4 rings (SSSR count). The molecular formula is C21H28N6. The summed E-state index contributed by atoms with van der Waals surface area (Å²) in [5.41, 5.74) is 4.15. The Morgan fingerprint density at radius 2 is 1.56 bits per heavy atom. The Bertz CT molecular complexity index is 856. The highest BCUT2D eigenvalue weighted by Crippen LogP contribution is 2.25. The van der Waals surface area contributed by atoms with Crippen molar-refractivity contribution >= 4 is 16.9 Å². The van der Waals surface area contributed by atoms with Crippen LogP contribution in [0.3, 0.4) is 0 Å². The van der Waals surface area contributed by atoms with Crippen molar-refractivity contribution < 1.29 is 0 Å². The summed E-state index contributed by atoms with van der Waals surface area (Å²) in [4.78, 5) is 13.6. The lowest BCUT2D eigenvalue weighted by Gasteiger charge is -2.38. The average Bonchev–Trinajstić information content (AvgIpc) is 2.75. The van der Waals surface area contributed by atoms with Crippen molar-refractivity contribution in [3.05, 3.63) is 54.0 Å². The summed E-state index contributed by atoms with van der Waals surface area (Å²) in [7, 11) is 0. The van der Waals surface area contributed by atoms with Crippen LogP contribution in [0.4, 0.5) is 5.82 Å². The first-order valence-electron chi connectivity index (χ1n) is 9.71. The minimum atomic E-state index is 0.359. The Kier molecular flexibility index (Phi) is 6.29. The van der Waals surface area contributed by atoms with Crippen LogP contribution < -0.4 is 4.90 Å². The van der Waals surface area contributed by atoms with Crippen molar-refractivity contribution in [2.24, 2.45) is 0 Å². The second-order valence-corrected chi connectivity index (χ2v) is 6.54. The zero-order chi connectivity index (χ0) is 19.2. The number of rotatable bonds is 3. The van der Waals surface area contributed by atoms with Gasteiger partial charge in [0.2, 0.25) is 0 Å². The summed E-state index contributed by atoms with van der Waals surface area (Å²) in [6.07, 6.45) is 3.48. The topological polar surface area (TPSA) is 58.0 Å². The monoisotopic (exact) mass is 364 g/mol. The number of hydrogen-bond acceptors (Lipinski definition) is 6. The molecule has 1 aromatic carbocycles. The molecule has 6 heteroatoms. The van der Waals surface area contributed by atoms with E-state index in [0.717, 1.165) is 48.7 Å². The Hall–Kier alpha value is -2.60. The average molecular weight is 364 g/mol. The van der Waals surface area contributed by atoms with Crippen LogP contribution in [-0.2, 0) is 0 Å². The van der Waals surface area contributed by atoms with Crippen molar-refractivity contribution in [3.8, 4) is 0 Å². The molecule has 3 heterocycles. The van der Waals surface area contributed by atoms with Crippen LogP contribution in [0.2, 0.25) is 0 Å². The number of aryl methyl sites for hydroxylation is 1. The number of nitrogens with zero attached hydrogens (tertiary/aromatic N) is 6. The van der Waals surface area contributed by atoms with Gasteiger partial charge in [0.15, 0.2) is 5.82 Å². The van der Waals surface area contributed by atoms with Gasteiger partial charge in [-0.2, -0.15) is 5.10 Å². The molecule has 1 aliphatic heterocycles. The lowest BCUT2D eigenvalue weighted by molar-refractivity contribution is 0.198. The van der Waals surface area contributed by atoms with Gasteiger partial charge in [-0.25, -0.2) is 0 Å². The fraction of sp³-hybridized carbons (Fsp3) is 0.429. The highest BCUT2D eigenvalue weighted by Gasteiger charge is 2.23. The van der Waals surface area contributed by atoms with E-state index in [-0.39, 0.29) is 0 Å². The molecule has 1 aliphatic rings. The highest BCUT2D eigenvalue weighted by atomic mass is 15.3. The number of fused-ring (bicyclic) bond motifs is 1. The summed E-state index contributed by atoms with van der Waals surface area (Å²) >= 11 is 0. The van der Waals surface area contributed by atoms with Gasteiger partial charge in [-0.3, -0.25) is 14.9 Å². The van der Waals surface area contributed by atoms with Gasteiger partial charge in [0.25, 0.3) is 0 Å². The molecule has 0 radical (unpaired) electrons. The molecule has 142 valence electrons. The predicted octanol–water partition coefficient (Wildman–Crippen LogP) is 3.64. The molecule has 0 aliphatic carbocycles. The van der Waals surface area contributed by atoms with Gasteiger partial charge in [0.05, 0.1) is 16.7 Å². The lowest BCUT2D eigenvalue weighted by Crippen LogP contribution is -2.47. The van der Waals surface area contributed by atoms with Crippen LogP contribution in [-0.4, -0.2) is 51.2 Å². The summed E-state index contributed by atoms with van der Waals surface area (Å²) in [5.74, 6) is 0.971. The van der Waals surface area contributed by atoms with Gasteiger partial charge in [-0.05, 0) is 43.7 Å². The Morgan fingerprint density at radius 1 is 0.852 bits per heavy atom. The van der Waals surface area contributed by atoms with Crippen molar-refractivity contribution in [1.29, 1.82) is 0 Å². The number of hydrogen-bond donors (Lipinski definition) is 0. The van der Waals surface area contributed by atoms with E-state index in [1.807, 2.05) is 26.8 Å². The second-order valence-electron chi connectivity index (χ2n) is 6.54. The molecule has 6 nitrogen and oxygen atoms in total. The van der Waals surface area contributed by atoms with Gasteiger partial charge < -0.3 is 4.90 Å². The molecule has 1 unspecified atom stereocenters. The molecule has 0 N–H and O–H groups in total. The SMILES string of the molecule is CC.Cc1ccc(N2CCN(C(C)c3ccc4nccnc4c3)CC2)nn1. The Morgan fingerprint density at radius 3 is 2.22 bits per heavy atom. The van der Waals surface area contributed by atoms with Crippen LogP contribution in [0.25, 0.3) is 11.0 Å². The van der Waals surface area contributed by atoms with Crippen molar-refractivity contribution in [1.82, 2.24) is 25.1 Å². The van der Waals surface area contributed by atoms with E-state index in [1.54, 1.807) is 12.4 Å². The van der Waals surface area contributed by atoms with E-state index >= 15 is 0 Å². The molecule has 1 atom stereocenters. The molecule has 0 saturated carbocycles. The maximum absolute atomic E-state index is 4.42. The third kappa shape index (κ3) is 4.39. The molecule has 0 bridgehead atoms. The van der Waals surface area contributed by atoms with Gasteiger partial charge in [0.1, 0.15) is 0 Å². The minimum Gasteiger partial charge on any atom is -0.353 e.